The number of allylic oxidation sites excluding steroid dienone is 3. The summed E-state index contributed by atoms with van der Waals surface area (Å²) >= 11 is 0. The Morgan fingerprint density at radius 3 is 3.00 bits per heavy atom. The summed E-state index contributed by atoms with van der Waals surface area (Å²) in [6.45, 7) is 6.05. The third kappa shape index (κ3) is 2.44. The summed E-state index contributed by atoms with van der Waals surface area (Å²) in [4.78, 5) is 10.5. The van der Waals surface area contributed by atoms with E-state index in [4.69, 9.17) is 5.11 Å². The van der Waals surface area contributed by atoms with Crippen LogP contribution in [0.15, 0.2) is 23.8 Å². The molecular weight excluding hydrogens is 164 g/mol. The highest BCUT2D eigenvalue weighted by atomic mass is 16.4. The second-order valence-corrected chi connectivity index (χ2v) is 3.48. The fraction of sp³-hybridized carbons (Fsp3) is 0.545. The van der Waals surface area contributed by atoms with Crippen LogP contribution in [0.25, 0.3) is 0 Å². The Balaban J connectivity index is 2.65. The van der Waals surface area contributed by atoms with Gasteiger partial charge in [-0.05, 0) is 36.3 Å². The van der Waals surface area contributed by atoms with Crippen molar-refractivity contribution < 1.29 is 9.90 Å². The van der Waals surface area contributed by atoms with Crippen LogP contribution in [0.2, 0.25) is 0 Å². The molecule has 1 rings (SSSR count). The van der Waals surface area contributed by atoms with Crippen LogP contribution in [0.5, 0.6) is 0 Å². The SMILES string of the molecule is C=C1C(CC)=CCCC1CC(=O)O. The zero-order valence-electron chi connectivity index (χ0n) is 8.05. The van der Waals surface area contributed by atoms with Gasteiger partial charge in [-0.3, -0.25) is 4.79 Å². The van der Waals surface area contributed by atoms with Crippen LogP contribution < -0.4 is 0 Å². The van der Waals surface area contributed by atoms with Gasteiger partial charge in [-0.1, -0.05) is 19.6 Å². The second kappa shape index (κ2) is 4.26. The van der Waals surface area contributed by atoms with Gasteiger partial charge in [-0.2, -0.15) is 0 Å². The van der Waals surface area contributed by atoms with Crippen molar-refractivity contribution >= 4 is 5.97 Å². The van der Waals surface area contributed by atoms with Crippen LogP contribution >= 0.6 is 0 Å². The minimum Gasteiger partial charge on any atom is -0.481 e. The third-order valence-corrected chi connectivity index (χ3v) is 2.61. The highest BCUT2D eigenvalue weighted by molar-refractivity contribution is 5.68. The monoisotopic (exact) mass is 180 g/mol. The average molecular weight is 180 g/mol. The lowest BCUT2D eigenvalue weighted by Crippen LogP contribution is -2.14. The van der Waals surface area contributed by atoms with Crippen molar-refractivity contribution in [3.05, 3.63) is 23.8 Å². The van der Waals surface area contributed by atoms with Crippen molar-refractivity contribution in [3.8, 4) is 0 Å². The Labute approximate surface area is 79.0 Å². The molecule has 1 unspecified atom stereocenters. The van der Waals surface area contributed by atoms with E-state index in [1.165, 1.54) is 5.57 Å². The van der Waals surface area contributed by atoms with E-state index in [-0.39, 0.29) is 12.3 Å². The molecule has 1 atom stereocenters. The van der Waals surface area contributed by atoms with E-state index in [0.29, 0.717) is 0 Å². The van der Waals surface area contributed by atoms with Gasteiger partial charge in [0.05, 0.1) is 6.42 Å². The molecule has 1 aliphatic carbocycles. The lowest BCUT2D eigenvalue weighted by atomic mass is 9.82. The summed E-state index contributed by atoms with van der Waals surface area (Å²) in [5.41, 5.74) is 2.29. The first-order valence-electron chi connectivity index (χ1n) is 4.75. The zero-order chi connectivity index (χ0) is 9.84. The summed E-state index contributed by atoms with van der Waals surface area (Å²) in [5, 5.41) is 8.68. The molecule has 0 heterocycles. The fourth-order valence-electron chi connectivity index (χ4n) is 1.83. The lowest BCUT2D eigenvalue weighted by Gasteiger charge is -2.23. The first kappa shape index (κ1) is 10.0. The number of carboxylic acid groups (broad SMARTS) is 1. The molecular formula is C11H16O2. The molecule has 1 N–H and O–H groups in total. The van der Waals surface area contributed by atoms with Gasteiger partial charge in [0, 0.05) is 0 Å². The number of hydrogen-bond donors (Lipinski definition) is 1. The first-order chi connectivity index (χ1) is 6.15. The van der Waals surface area contributed by atoms with Crippen LogP contribution in [0.4, 0.5) is 0 Å². The standard InChI is InChI=1S/C11H16O2/c1-3-9-5-4-6-10(8(9)2)7-11(12)13/h5,10H,2-4,6-7H2,1H3,(H,12,13). The Morgan fingerprint density at radius 2 is 2.46 bits per heavy atom. The van der Waals surface area contributed by atoms with E-state index in [2.05, 4.69) is 19.6 Å². The van der Waals surface area contributed by atoms with E-state index in [1.54, 1.807) is 0 Å². The van der Waals surface area contributed by atoms with E-state index < -0.39 is 5.97 Å². The first-order valence-corrected chi connectivity index (χ1v) is 4.75. The van der Waals surface area contributed by atoms with Gasteiger partial charge in [-0.15, -0.1) is 0 Å². The Bertz CT molecular complexity index is 251. The molecule has 0 fully saturated rings. The van der Waals surface area contributed by atoms with Crippen molar-refractivity contribution in [2.24, 2.45) is 5.92 Å². The lowest BCUT2D eigenvalue weighted by molar-refractivity contribution is -0.137. The second-order valence-electron chi connectivity index (χ2n) is 3.48. The van der Waals surface area contributed by atoms with Gasteiger partial charge < -0.3 is 5.11 Å². The molecule has 1 aliphatic rings. The maximum absolute atomic E-state index is 10.5. The molecule has 0 saturated heterocycles. The van der Waals surface area contributed by atoms with Gasteiger partial charge in [0.1, 0.15) is 0 Å². The number of rotatable bonds is 3. The van der Waals surface area contributed by atoms with Crippen molar-refractivity contribution in [1.82, 2.24) is 0 Å². The average Bonchev–Trinajstić information content (AvgIpc) is 2.08. The molecule has 0 aromatic carbocycles. The maximum Gasteiger partial charge on any atom is 0.303 e. The smallest absolute Gasteiger partial charge is 0.303 e. The molecule has 0 saturated carbocycles. The Morgan fingerprint density at radius 1 is 1.77 bits per heavy atom. The highest BCUT2D eigenvalue weighted by Crippen LogP contribution is 2.32. The largest absolute Gasteiger partial charge is 0.481 e. The molecule has 0 spiro atoms. The van der Waals surface area contributed by atoms with Gasteiger partial charge in [0.25, 0.3) is 0 Å². The normalized spacial score (nSPS) is 22.7. The van der Waals surface area contributed by atoms with E-state index in [1.807, 2.05) is 0 Å². The van der Waals surface area contributed by atoms with E-state index >= 15 is 0 Å². The minimum absolute atomic E-state index is 0.164. The van der Waals surface area contributed by atoms with Crippen LogP contribution in [0, 0.1) is 5.92 Å². The number of aliphatic carboxylic acids is 1. The van der Waals surface area contributed by atoms with Crippen LogP contribution in [-0.4, -0.2) is 11.1 Å². The topological polar surface area (TPSA) is 37.3 Å². The quantitative estimate of drug-likeness (QED) is 0.725. The van der Waals surface area contributed by atoms with Crippen molar-refractivity contribution in [3.63, 3.8) is 0 Å². The van der Waals surface area contributed by atoms with E-state index in [0.717, 1.165) is 24.8 Å². The zero-order valence-corrected chi connectivity index (χ0v) is 8.05. The highest BCUT2D eigenvalue weighted by Gasteiger charge is 2.20. The van der Waals surface area contributed by atoms with Crippen molar-refractivity contribution in [1.29, 1.82) is 0 Å². The summed E-state index contributed by atoms with van der Waals surface area (Å²) < 4.78 is 0. The Hall–Kier alpha value is -1.05. The molecule has 2 nitrogen and oxygen atoms in total. The number of hydrogen-bond acceptors (Lipinski definition) is 1. The minimum atomic E-state index is -0.719. The molecule has 13 heavy (non-hydrogen) atoms. The molecule has 0 radical (unpaired) electrons. The molecule has 0 aromatic heterocycles. The van der Waals surface area contributed by atoms with Crippen molar-refractivity contribution in [2.45, 2.75) is 32.6 Å². The fourth-order valence-corrected chi connectivity index (χ4v) is 1.83. The van der Waals surface area contributed by atoms with Gasteiger partial charge in [0.15, 0.2) is 0 Å². The van der Waals surface area contributed by atoms with Crippen LogP contribution in [0.3, 0.4) is 0 Å². The predicted molar refractivity (Wildman–Crippen MR) is 52.5 cm³/mol. The maximum atomic E-state index is 10.5. The molecule has 0 aliphatic heterocycles. The molecule has 72 valence electrons. The summed E-state index contributed by atoms with van der Waals surface area (Å²) in [5.74, 6) is -0.555. The predicted octanol–water partition coefficient (Wildman–Crippen LogP) is 2.76. The van der Waals surface area contributed by atoms with Gasteiger partial charge in [0.2, 0.25) is 0 Å². The molecule has 0 aromatic rings. The van der Waals surface area contributed by atoms with Crippen LogP contribution in [0.1, 0.15) is 32.6 Å². The molecule has 0 bridgehead atoms. The van der Waals surface area contributed by atoms with Gasteiger partial charge in [-0.25, -0.2) is 0 Å². The third-order valence-electron chi connectivity index (χ3n) is 2.61. The van der Waals surface area contributed by atoms with Crippen LogP contribution in [-0.2, 0) is 4.79 Å². The van der Waals surface area contributed by atoms with Crippen molar-refractivity contribution in [2.75, 3.05) is 0 Å². The summed E-state index contributed by atoms with van der Waals surface area (Å²) in [7, 11) is 0. The summed E-state index contributed by atoms with van der Waals surface area (Å²) in [6.07, 6.45) is 5.32. The molecule has 0 amide bonds. The van der Waals surface area contributed by atoms with Gasteiger partial charge >= 0.3 is 5.97 Å². The summed E-state index contributed by atoms with van der Waals surface area (Å²) in [6, 6.07) is 0. The Kier molecular flexibility index (Phi) is 3.29. The number of carboxylic acids is 1. The number of carbonyl (C=O) groups is 1. The van der Waals surface area contributed by atoms with E-state index in [9.17, 15) is 4.79 Å². The molecule has 2 heteroatoms.